The average molecular weight is 329 g/mol. The third-order valence-corrected chi connectivity index (χ3v) is 4.03. The number of hydrogen-bond acceptors (Lipinski definition) is 3. The van der Waals surface area contributed by atoms with Gasteiger partial charge >= 0.3 is 0 Å². The van der Waals surface area contributed by atoms with Crippen molar-refractivity contribution in [2.24, 2.45) is 0 Å². The number of nitrogens with one attached hydrogen (secondary N) is 1. The van der Waals surface area contributed by atoms with Gasteiger partial charge < -0.3 is 15.2 Å². The molecule has 0 aliphatic rings. The smallest absolute Gasteiger partial charge is 0.216 e. The molecule has 0 aliphatic carbocycles. The lowest BCUT2D eigenvalue weighted by atomic mass is 10.0. The van der Waals surface area contributed by atoms with Crippen LogP contribution in [0.1, 0.15) is 38.2 Å². The van der Waals surface area contributed by atoms with E-state index in [1.807, 2.05) is 12.1 Å². The number of fused-ring (bicyclic) bond motifs is 1. The van der Waals surface area contributed by atoms with Gasteiger partial charge in [0.25, 0.3) is 0 Å². The van der Waals surface area contributed by atoms with Gasteiger partial charge in [0.2, 0.25) is 5.91 Å². The van der Waals surface area contributed by atoms with Crippen molar-refractivity contribution in [2.75, 3.05) is 19.8 Å². The van der Waals surface area contributed by atoms with Crippen molar-refractivity contribution in [2.45, 2.75) is 39.0 Å². The number of carbonyl (C=O) groups is 1. The lowest BCUT2D eigenvalue weighted by Crippen LogP contribution is -2.22. The van der Waals surface area contributed by atoms with Crippen LogP contribution in [0.3, 0.4) is 0 Å². The van der Waals surface area contributed by atoms with Gasteiger partial charge in [0.15, 0.2) is 0 Å². The monoisotopic (exact) mass is 329 g/mol. The summed E-state index contributed by atoms with van der Waals surface area (Å²) in [5.41, 5.74) is 1.22. The topological polar surface area (TPSA) is 58.6 Å². The van der Waals surface area contributed by atoms with Crippen LogP contribution in [0.25, 0.3) is 10.8 Å². The molecule has 2 aromatic carbocycles. The summed E-state index contributed by atoms with van der Waals surface area (Å²) >= 11 is 0. The van der Waals surface area contributed by atoms with E-state index in [1.165, 1.54) is 23.3 Å². The molecular weight excluding hydrogens is 302 g/mol. The van der Waals surface area contributed by atoms with Gasteiger partial charge in [-0.05, 0) is 54.2 Å². The number of rotatable bonds is 10. The summed E-state index contributed by atoms with van der Waals surface area (Å²) in [6.45, 7) is 3.15. The fourth-order valence-corrected chi connectivity index (χ4v) is 2.75. The van der Waals surface area contributed by atoms with Crippen molar-refractivity contribution in [1.29, 1.82) is 0 Å². The standard InChI is InChI=1S/C20H27NO3/c1-16(23)21-12-11-18-8-6-7-17-9-10-19(15-20(17)18)24-14-5-3-2-4-13-22/h6-10,15,22H,2-5,11-14H2,1H3,(H,21,23). The molecule has 0 aromatic heterocycles. The van der Waals surface area contributed by atoms with E-state index in [0.29, 0.717) is 13.2 Å². The third kappa shape index (κ3) is 5.85. The summed E-state index contributed by atoms with van der Waals surface area (Å²) in [6, 6.07) is 12.4. The third-order valence-electron chi connectivity index (χ3n) is 4.03. The maximum absolute atomic E-state index is 11.0. The first-order chi connectivity index (χ1) is 11.7. The Morgan fingerprint density at radius 1 is 1.12 bits per heavy atom. The molecule has 0 atom stereocenters. The van der Waals surface area contributed by atoms with Gasteiger partial charge in [0.05, 0.1) is 6.61 Å². The van der Waals surface area contributed by atoms with Crippen LogP contribution in [0.2, 0.25) is 0 Å². The normalized spacial score (nSPS) is 10.8. The summed E-state index contributed by atoms with van der Waals surface area (Å²) in [5, 5.41) is 14.0. The van der Waals surface area contributed by atoms with Crippen LogP contribution >= 0.6 is 0 Å². The van der Waals surface area contributed by atoms with Crippen LogP contribution in [0.4, 0.5) is 0 Å². The molecule has 0 heterocycles. The van der Waals surface area contributed by atoms with E-state index in [9.17, 15) is 4.79 Å². The Balaban J connectivity index is 1.96. The van der Waals surface area contributed by atoms with E-state index in [4.69, 9.17) is 9.84 Å². The summed E-state index contributed by atoms with van der Waals surface area (Å²) in [7, 11) is 0. The molecule has 0 radical (unpaired) electrons. The fraction of sp³-hybridized carbons (Fsp3) is 0.450. The molecule has 0 spiro atoms. The summed E-state index contributed by atoms with van der Waals surface area (Å²) < 4.78 is 5.86. The minimum absolute atomic E-state index is 0.000423. The van der Waals surface area contributed by atoms with Gasteiger partial charge in [-0.1, -0.05) is 30.7 Å². The van der Waals surface area contributed by atoms with Crippen LogP contribution in [0.15, 0.2) is 36.4 Å². The van der Waals surface area contributed by atoms with Gasteiger partial charge in [0.1, 0.15) is 5.75 Å². The second-order valence-corrected chi connectivity index (χ2v) is 6.02. The van der Waals surface area contributed by atoms with E-state index < -0.39 is 0 Å². The van der Waals surface area contributed by atoms with Gasteiger partial charge in [0, 0.05) is 20.1 Å². The molecule has 2 aromatic rings. The molecule has 2 rings (SSSR count). The van der Waals surface area contributed by atoms with Crippen LogP contribution in [0, 0.1) is 0 Å². The van der Waals surface area contributed by atoms with E-state index in [-0.39, 0.29) is 12.5 Å². The quantitative estimate of drug-likeness (QED) is 0.656. The Kier molecular flexibility index (Phi) is 7.56. The van der Waals surface area contributed by atoms with Crippen LogP contribution in [-0.4, -0.2) is 30.8 Å². The lowest BCUT2D eigenvalue weighted by molar-refractivity contribution is -0.118. The second-order valence-electron chi connectivity index (χ2n) is 6.02. The first-order valence-corrected chi connectivity index (χ1v) is 8.70. The van der Waals surface area contributed by atoms with E-state index in [2.05, 4.69) is 29.6 Å². The van der Waals surface area contributed by atoms with Crippen molar-refractivity contribution in [3.8, 4) is 5.75 Å². The number of benzene rings is 2. The minimum Gasteiger partial charge on any atom is -0.494 e. The maximum atomic E-state index is 11.0. The van der Waals surface area contributed by atoms with Crippen LogP contribution < -0.4 is 10.1 Å². The highest BCUT2D eigenvalue weighted by molar-refractivity contribution is 5.87. The largest absolute Gasteiger partial charge is 0.494 e. The molecule has 2 N–H and O–H groups in total. The predicted molar refractivity (Wildman–Crippen MR) is 97.4 cm³/mol. The highest BCUT2D eigenvalue weighted by atomic mass is 16.5. The number of ether oxygens (including phenoxy) is 1. The zero-order chi connectivity index (χ0) is 17.2. The van der Waals surface area contributed by atoms with Crippen LogP contribution in [0.5, 0.6) is 5.75 Å². The second kappa shape index (κ2) is 9.93. The Labute approximate surface area is 143 Å². The van der Waals surface area contributed by atoms with Crippen molar-refractivity contribution in [1.82, 2.24) is 5.32 Å². The first-order valence-electron chi connectivity index (χ1n) is 8.70. The SMILES string of the molecule is CC(=O)NCCc1cccc2ccc(OCCCCCCO)cc12. The molecule has 4 nitrogen and oxygen atoms in total. The average Bonchev–Trinajstić information content (AvgIpc) is 2.58. The van der Waals surface area contributed by atoms with E-state index in [1.54, 1.807) is 0 Å². The zero-order valence-electron chi connectivity index (χ0n) is 14.4. The number of unbranched alkanes of at least 4 members (excludes halogenated alkanes) is 3. The predicted octanol–water partition coefficient (Wildman–Crippen LogP) is 3.45. The van der Waals surface area contributed by atoms with Crippen molar-refractivity contribution < 1.29 is 14.6 Å². The number of carbonyl (C=O) groups excluding carboxylic acids is 1. The molecule has 24 heavy (non-hydrogen) atoms. The number of aliphatic hydroxyl groups is 1. The number of hydrogen-bond donors (Lipinski definition) is 2. The Bertz CT molecular complexity index is 654. The molecule has 0 aliphatic heterocycles. The molecule has 4 heteroatoms. The van der Waals surface area contributed by atoms with Crippen molar-refractivity contribution in [3.63, 3.8) is 0 Å². The Morgan fingerprint density at radius 3 is 2.75 bits per heavy atom. The van der Waals surface area contributed by atoms with E-state index >= 15 is 0 Å². The lowest BCUT2D eigenvalue weighted by Gasteiger charge is -2.10. The fourth-order valence-electron chi connectivity index (χ4n) is 2.75. The number of amides is 1. The molecular formula is C20H27NO3. The van der Waals surface area contributed by atoms with E-state index in [0.717, 1.165) is 37.9 Å². The van der Waals surface area contributed by atoms with Crippen molar-refractivity contribution in [3.05, 3.63) is 42.0 Å². The van der Waals surface area contributed by atoms with Gasteiger partial charge in [-0.2, -0.15) is 0 Å². The zero-order valence-corrected chi connectivity index (χ0v) is 14.4. The highest BCUT2D eigenvalue weighted by Crippen LogP contribution is 2.24. The summed E-state index contributed by atoms with van der Waals surface area (Å²) in [6.07, 6.45) is 4.80. The highest BCUT2D eigenvalue weighted by Gasteiger charge is 2.04. The minimum atomic E-state index is 0.000423. The first kappa shape index (κ1) is 18.3. The summed E-state index contributed by atoms with van der Waals surface area (Å²) in [4.78, 5) is 11.0. The Hall–Kier alpha value is -2.07. The maximum Gasteiger partial charge on any atom is 0.216 e. The van der Waals surface area contributed by atoms with Gasteiger partial charge in [-0.25, -0.2) is 0 Å². The molecule has 0 fully saturated rings. The molecule has 0 saturated carbocycles. The van der Waals surface area contributed by atoms with Gasteiger partial charge in [-0.3, -0.25) is 4.79 Å². The van der Waals surface area contributed by atoms with Gasteiger partial charge in [-0.15, -0.1) is 0 Å². The molecule has 0 unspecified atom stereocenters. The Morgan fingerprint density at radius 2 is 1.96 bits per heavy atom. The molecule has 0 bridgehead atoms. The van der Waals surface area contributed by atoms with Crippen LogP contribution in [-0.2, 0) is 11.2 Å². The van der Waals surface area contributed by atoms with Crippen molar-refractivity contribution >= 4 is 16.7 Å². The molecule has 1 amide bonds. The summed E-state index contributed by atoms with van der Waals surface area (Å²) in [5.74, 6) is 0.886. The molecule has 130 valence electrons. The molecule has 0 saturated heterocycles. The number of aliphatic hydroxyl groups excluding tert-OH is 1.